The predicted molar refractivity (Wildman–Crippen MR) is 104 cm³/mol. The molecular weight excluding hydrogens is 368 g/mol. The molecule has 0 aliphatic heterocycles. The highest BCUT2D eigenvalue weighted by Gasteiger charge is 2.11. The lowest BCUT2D eigenvalue weighted by Gasteiger charge is -2.06. The van der Waals surface area contributed by atoms with Gasteiger partial charge in [-0.25, -0.2) is 5.43 Å². The normalized spacial score (nSPS) is 10.8. The fraction of sp³-hybridized carbons (Fsp3) is 0.100. The van der Waals surface area contributed by atoms with E-state index >= 15 is 0 Å². The Labute approximate surface area is 161 Å². The Bertz CT molecular complexity index is 964. The maximum Gasteiger partial charge on any atom is 0.271 e. The molecule has 0 atom stereocenters. The van der Waals surface area contributed by atoms with Gasteiger partial charge in [0.15, 0.2) is 0 Å². The first-order valence-electron chi connectivity index (χ1n) is 8.02. The molecule has 0 radical (unpaired) electrons. The van der Waals surface area contributed by atoms with Crippen LogP contribution in [0.25, 0.3) is 11.3 Å². The van der Waals surface area contributed by atoms with Gasteiger partial charge in [-0.05, 0) is 54.6 Å². The van der Waals surface area contributed by atoms with Crippen LogP contribution in [0, 0.1) is 0 Å². The second-order valence-electron chi connectivity index (χ2n) is 5.47. The molecule has 2 aromatic carbocycles. The number of carbonyl (C=O) groups excluding carboxylic acids is 1. The van der Waals surface area contributed by atoms with Crippen LogP contribution in [-0.4, -0.2) is 26.3 Å². The van der Waals surface area contributed by atoms with Gasteiger partial charge in [0.1, 0.15) is 23.0 Å². The number of halogens is 1. The molecule has 0 aliphatic carbocycles. The van der Waals surface area contributed by atoms with Gasteiger partial charge in [-0.3, -0.25) is 4.79 Å². The average molecular weight is 385 g/mol. The zero-order chi connectivity index (χ0) is 19.2. The molecule has 0 spiro atoms. The number of hydrogen-bond acceptors (Lipinski definition) is 5. The van der Waals surface area contributed by atoms with Gasteiger partial charge in [0.2, 0.25) is 0 Å². The zero-order valence-electron chi connectivity index (χ0n) is 14.7. The highest BCUT2D eigenvalue weighted by molar-refractivity contribution is 6.30. The van der Waals surface area contributed by atoms with E-state index in [1.165, 1.54) is 6.21 Å². The van der Waals surface area contributed by atoms with Crippen LogP contribution in [0.2, 0.25) is 5.02 Å². The van der Waals surface area contributed by atoms with Crippen LogP contribution in [0.3, 0.4) is 0 Å². The number of hydrazone groups is 1. The number of furan rings is 1. The van der Waals surface area contributed by atoms with Crippen molar-refractivity contribution < 1.29 is 18.7 Å². The number of hydrogen-bond donors (Lipinski definition) is 1. The van der Waals surface area contributed by atoms with Crippen molar-refractivity contribution in [3.63, 3.8) is 0 Å². The lowest BCUT2D eigenvalue weighted by atomic mass is 10.1. The van der Waals surface area contributed by atoms with Crippen LogP contribution in [-0.2, 0) is 0 Å². The van der Waals surface area contributed by atoms with Crippen LogP contribution in [0.15, 0.2) is 64.1 Å². The van der Waals surface area contributed by atoms with E-state index in [2.05, 4.69) is 10.5 Å². The van der Waals surface area contributed by atoms with E-state index in [4.69, 9.17) is 25.5 Å². The lowest BCUT2D eigenvalue weighted by molar-refractivity contribution is 0.0955. The van der Waals surface area contributed by atoms with Gasteiger partial charge in [-0.15, -0.1) is 0 Å². The second kappa shape index (κ2) is 8.42. The molecule has 0 fully saturated rings. The quantitative estimate of drug-likeness (QED) is 0.505. The van der Waals surface area contributed by atoms with Crippen molar-refractivity contribution in [1.29, 1.82) is 0 Å². The molecular formula is C20H17ClN2O4. The second-order valence-corrected chi connectivity index (χ2v) is 5.91. The number of carbonyl (C=O) groups is 1. The van der Waals surface area contributed by atoms with E-state index in [1.54, 1.807) is 68.8 Å². The minimum atomic E-state index is -0.336. The third-order valence-corrected chi connectivity index (χ3v) is 4.00. The van der Waals surface area contributed by atoms with Gasteiger partial charge in [-0.2, -0.15) is 5.10 Å². The highest BCUT2D eigenvalue weighted by Crippen LogP contribution is 2.33. The van der Waals surface area contributed by atoms with Crippen LogP contribution in [0.4, 0.5) is 0 Å². The number of nitrogens with one attached hydrogen (secondary N) is 1. The van der Waals surface area contributed by atoms with Crippen LogP contribution < -0.4 is 14.9 Å². The summed E-state index contributed by atoms with van der Waals surface area (Å²) in [6, 6.07) is 15.5. The summed E-state index contributed by atoms with van der Waals surface area (Å²) in [6.07, 6.45) is 1.42. The summed E-state index contributed by atoms with van der Waals surface area (Å²) in [5.74, 6) is 2.04. The van der Waals surface area contributed by atoms with Gasteiger partial charge in [-0.1, -0.05) is 11.6 Å². The van der Waals surface area contributed by atoms with E-state index in [9.17, 15) is 4.79 Å². The lowest BCUT2D eigenvalue weighted by Crippen LogP contribution is -2.17. The topological polar surface area (TPSA) is 73.1 Å². The van der Waals surface area contributed by atoms with E-state index < -0.39 is 0 Å². The molecule has 0 aliphatic rings. The summed E-state index contributed by atoms with van der Waals surface area (Å²) in [7, 11) is 3.14. The number of ether oxygens (including phenoxy) is 2. The SMILES string of the molecule is COc1ccc(C(=O)N/N=C\c2ccc(-c3cc(Cl)ccc3OC)o2)cc1. The molecule has 3 rings (SSSR count). The largest absolute Gasteiger partial charge is 0.497 e. The monoisotopic (exact) mass is 384 g/mol. The highest BCUT2D eigenvalue weighted by atomic mass is 35.5. The molecule has 3 aromatic rings. The molecule has 138 valence electrons. The molecule has 0 saturated heterocycles. The summed E-state index contributed by atoms with van der Waals surface area (Å²) in [6.45, 7) is 0. The molecule has 1 amide bonds. The Morgan fingerprint density at radius 2 is 1.85 bits per heavy atom. The van der Waals surface area contributed by atoms with E-state index in [0.29, 0.717) is 33.6 Å². The third-order valence-electron chi connectivity index (χ3n) is 3.76. The standard InChI is InChI=1S/C20H17ClN2O4/c1-25-15-6-3-13(4-7-15)20(24)23-22-12-16-8-10-19(27-16)17-11-14(21)5-9-18(17)26-2/h3-12H,1-2H3,(H,23,24)/b22-12-. The fourth-order valence-electron chi connectivity index (χ4n) is 2.40. The Hall–Kier alpha value is -3.25. The summed E-state index contributed by atoms with van der Waals surface area (Å²) in [5, 5.41) is 4.49. The first-order chi connectivity index (χ1) is 13.1. The molecule has 0 saturated carbocycles. The fourth-order valence-corrected chi connectivity index (χ4v) is 2.57. The van der Waals surface area contributed by atoms with Crippen molar-refractivity contribution >= 4 is 23.7 Å². The number of methoxy groups -OCH3 is 2. The van der Waals surface area contributed by atoms with Crippen molar-refractivity contribution in [2.24, 2.45) is 5.10 Å². The summed E-state index contributed by atoms with van der Waals surface area (Å²) < 4.78 is 16.1. The maximum absolute atomic E-state index is 12.1. The Balaban J connectivity index is 1.68. The summed E-state index contributed by atoms with van der Waals surface area (Å²) in [5.41, 5.74) is 3.65. The van der Waals surface area contributed by atoms with Crippen LogP contribution in [0.1, 0.15) is 16.1 Å². The van der Waals surface area contributed by atoms with Crippen molar-refractivity contribution in [2.45, 2.75) is 0 Å². The van der Waals surface area contributed by atoms with Crippen molar-refractivity contribution in [3.8, 4) is 22.8 Å². The number of rotatable bonds is 6. The average Bonchev–Trinajstić information content (AvgIpc) is 3.16. The van der Waals surface area contributed by atoms with E-state index in [1.807, 2.05) is 0 Å². The van der Waals surface area contributed by atoms with Gasteiger partial charge < -0.3 is 13.9 Å². The van der Waals surface area contributed by atoms with E-state index in [0.717, 1.165) is 5.56 Å². The van der Waals surface area contributed by atoms with Gasteiger partial charge in [0, 0.05) is 10.6 Å². The smallest absolute Gasteiger partial charge is 0.271 e. The number of amides is 1. The van der Waals surface area contributed by atoms with Crippen molar-refractivity contribution in [3.05, 3.63) is 70.9 Å². The minimum Gasteiger partial charge on any atom is -0.497 e. The molecule has 27 heavy (non-hydrogen) atoms. The summed E-state index contributed by atoms with van der Waals surface area (Å²) in [4.78, 5) is 12.1. The number of benzene rings is 2. The zero-order valence-corrected chi connectivity index (χ0v) is 15.5. The number of nitrogens with zero attached hydrogens (tertiary/aromatic N) is 1. The molecule has 7 heteroatoms. The third kappa shape index (κ3) is 4.48. The molecule has 0 unspecified atom stereocenters. The van der Waals surface area contributed by atoms with E-state index in [-0.39, 0.29) is 5.91 Å². The molecule has 1 aromatic heterocycles. The van der Waals surface area contributed by atoms with Gasteiger partial charge in [0.25, 0.3) is 5.91 Å². The molecule has 1 heterocycles. The molecule has 1 N–H and O–H groups in total. The maximum atomic E-state index is 12.1. The minimum absolute atomic E-state index is 0.336. The van der Waals surface area contributed by atoms with Crippen molar-refractivity contribution in [1.82, 2.24) is 5.43 Å². The van der Waals surface area contributed by atoms with Crippen molar-refractivity contribution in [2.75, 3.05) is 14.2 Å². The van der Waals surface area contributed by atoms with Gasteiger partial charge >= 0.3 is 0 Å². The summed E-state index contributed by atoms with van der Waals surface area (Å²) >= 11 is 6.05. The molecule has 0 bridgehead atoms. The Kier molecular flexibility index (Phi) is 5.78. The first kappa shape index (κ1) is 18.5. The predicted octanol–water partition coefficient (Wildman–Crippen LogP) is 4.38. The Morgan fingerprint density at radius 1 is 1.07 bits per heavy atom. The Morgan fingerprint density at radius 3 is 2.56 bits per heavy atom. The first-order valence-corrected chi connectivity index (χ1v) is 8.39. The van der Waals surface area contributed by atoms with Crippen LogP contribution in [0.5, 0.6) is 11.5 Å². The van der Waals surface area contributed by atoms with Crippen LogP contribution >= 0.6 is 11.6 Å². The van der Waals surface area contributed by atoms with Gasteiger partial charge in [0.05, 0.1) is 26.0 Å². The molecule has 6 nitrogen and oxygen atoms in total.